The Labute approximate surface area is 247 Å². The molecule has 41 heavy (non-hydrogen) atoms. The lowest BCUT2D eigenvalue weighted by Crippen LogP contribution is -2.31. The van der Waals surface area contributed by atoms with Crippen LogP contribution in [0.2, 0.25) is 0 Å². The number of sulfonamides is 1. The van der Waals surface area contributed by atoms with E-state index < -0.39 is 46.3 Å². The molecule has 0 atom stereocenters. The Bertz CT molecular complexity index is 1930. The number of nitrogens with one attached hydrogen (secondary N) is 2. The van der Waals surface area contributed by atoms with Crippen LogP contribution in [0.25, 0.3) is 10.9 Å². The quantitative estimate of drug-likeness (QED) is 0.276. The minimum atomic E-state index is -4.55. The number of carbonyl (C=O) groups excluding carboxylic acids is 2. The van der Waals surface area contributed by atoms with E-state index >= 15 is 0 Å². The van der Waals surface area contributed by atoms with Gasteiger partial charge in [-0.25, -0.2) is 17.9 Å². The average molecular weight is 582 g/mol. The molecule has 0 aliphatic heterocycles. The van der Waals surface area contributed by atoms with Crippen LogP contribution in [0.4, 0.5) is 10.5 Å². The van der Waals surface area contributed by atoms with Crippen molar-refractivity contribution in [1.82, 2.24) is 9.29 Å². The van der Waals surface area contributed by atoms with Crippen molar-refractivity contribution in [1.29, 1.82) is 0 Å². The monoisotopic (exact) mass is 581 g/mol. The molecule has 2 amide bonds. The molecule has 0 unspecified atom stereocenters. The number of aromatic nitrogens is 1. The Balaban J connectivity index is 1.42. The number of ether oxygens (including phenoxy) is 2. The first-order chi connectivity index (χ1) is 22.1. The lowest BCUT2D eigenvalue weighted by molar-refractivity contribution is 0.0980. The van der Waals surface area contributed by atoms with E-state index in [-0.39, 0.29) is 23.8 Å². The Kier molecular flexibility index (Phi) is 6.10. The summed E-state index contributed by atoms with van der Waals surface area (Å²) >= 11 is 0. The first kappa shape index (κ1) is 21.4. The first-order valence-corrected chi connectivity index (χ1v) is 14.5. The summed E-state index contributed by atoms with van der Waals surface area (Å²) in [5.41, 5.74) is 1.48. The Morgan fingerprint density at radius 2 is 1.85 bits per heavy atom. The third-order valence-corrected chi connectivity index (χ3v) is 8.43. The van der Waals surface area contributed by atoms with Crippen LogP contribution < -0.4 is 14.8 Å². The van der Waals surface area contributed by atoms with Crippen LogP contribution in [-0.2, 0) is 28.2 Å². The summed E-state index contributed by atoms with van der Waals surface area (Å²) < 4.78 is 87.3. The first-order valence-electron chi connectivity index (χ1n) is 16.0. The molecule has 1 heterocycles. The van der Waals surface area contributed by atoms with E-state index in [4.69, 9.17) is 17.7 Å². The Hall–Kier alpha value is -4.31. The molecule has 0 bridgehead atoms. The molecule has 9 nitrogen and oxygen atoms in total. The fourth-order valence-corrected chi connectivity index (χ4v) is 6.08. The second-order valence-corrected chi connectivity index (χ2v) is 11.5. The highest BCUT2D eigenvalue weighted by atomic mass is 32.2. The predicted octanol–water partition coefficient (Wildman–Crippen LogP) is 5.70. The topological polar surface area (TPSA) is 116 Å². The summed E-state index contributed by atoms with van der Waals surface area (Å²) in [7, 11) is -3.18. The fourth-order valence-electron chi connectivity index (χ4n) is 5.00. The molecule has 5 rings (SSSR count). The number of hydrogen-bond donors (Lipinski definition) is 2. The summed E-state index contributed by atoms with van der Waals surface area (Å²) in [5, 5.41) is 3.28. The molecule has 1 fully saturated rings. The number of rotatable bonds is 8. The van der Waals surface area contributed by atoms with Crippen LogP contribution in [0.5, 0.6) is 5.75 Å². The van der Waals surface area contributed by atoms with E-state index in [1.54, 1.807) is 24.3 Å². The molecule has 1 aliphatic carbocycles. The van der Waals surface area contributed by atoms with Crippen molar-refractivity contribution in [3.05, 3.63) is 89.1 Å². The van der Waals surface area contributed by atoms with Crippen molar-refractivity contribution >= 4 is 38.6 Å². The van der Waals surface area contributed by atoms with Gasteiger partial charge < -0.3 is 14.0 Å². The van der Waals surface area contributed by atoms with Gasteiger partial charge in [-0.05, 0) is 85.6 Å². The van der Waals surface area contributed by atoms with Crippen LogP contribution in [-0.4, -0.2) is 38.2 Å². The van der Waals surface area contributed by atoms with Crippen LogP contribution in [0.15, 0.2) is 71.8 Å². The van der Waals surface area contributed by atoms with Gasteiger partial charge in [0, 0.05) is 50.0 Å². The van der Waals surface area contributed by atoms with E-state index in [0.717, 1.165) is 42.4 Å². The molecule has 10 heteroatoms. The highest BCUT2D eigenvalue weighted by Gasteiger charge is 2.22. The van der Waals surface area contributed by atoms with Gasteiger partial charge in [0.25, 0.3) is 15.9 Å². The number of hydrogen-bond acceptors (Lipinski definition) is 6. The third-order valence-electron chi connectivity index (χ3n) is 7.04. The molecule has 214 valence electrons. The molecule has 4 aromatic rings. The van der Waals surface area contributed by atoms with E-state index in [1.807, 2.05) is 4.72 Å². The van der Waals surface area contributed by atoms with Gasteiger partial charge in [0.05, 0.1) is 12.0 Å². The number of carbonyl (C=O) groups is 2. The molecule has 0 radical (unpaired) electrons. The van der Waals surface area contributed by atoms with Gasteiger partial charge in [-0.3, -0.25) is 10.1 Å². The number of benzene rings is 3. The summed E-state index contributed by atoms with van der Waals surface area (Å²) in [6.07, 6.45) is 4.57. The molecule has 1 saturated carbocycles. The highest BCUT2D eigenvalue weighted by molar-refractivity contribution is 7.90. The minimum Gasteiger partial charge on any atom is -0.496 e. The maximum atomic E-state index is 13.1. The maximum absolute atomic E-state index is 13.1. The molecule has 1 aromatic heterocycles. The number of anilines is 1. The maximum Gasteiger partial charge on any atom is 0.411 e. The summed E-state index contributed by atoms with van der Waals surface area (Å²) in [5.74, 6) is -0.781. The van der Waals surface area contributed by atoms with Gasteiger partial charge in [-0.2, -0.15) is 0 Å². The molecule has 2 N–H and O–H groups in total. The number of nitrogens with zero attached hydrogens (tertiary/aromatic N) is 1. The second-order valence-electron chi connectivity index (χ2n) is 9.83. The van der Waals surface area contributed by atoms with Crippen LogP contribution in [0.1, 0.15) is 61.0 Å². The normalized spacial score (nSPS) is 16.5. The van der Waals surface area contributed by atoms with E-state index in [2.05, 4.69) is 5.32 Å². The lowest BCUT2D eigenvalue weighted by atomic mass is 10.0. The van der Waals surface area contributed by atoms with Crippen molar-refractivity contribution in [2.75, 3.05) is 12.4 Å². The largest absolute Gasteiger partial charge is 0.496 e. The van der Waals surface area contributed by atoms with Gasteiger partial charge in [-0.1, -0.05) is 24.3 Å². The van der Waals surface area contributed by atoms with Gasteiger partial charge >= 0.3 is 6.09 Å². The summed E-state index contributed by atoms with van der Waals surface area (Å²) in [4.78, 5) is 25.0. The number of fused-ring (bicyclic) bond motifs is 1. The van der Waals surface area contributed by atoms with Gasteiger partial charge in [0.2, 0.25) is 0 Å². The minimum absolute atomic E-state index is 0.0716. The summed E-state index contributed by atoms with van der Waals surface area (Å²) in [6.45, 7) is -5.22. The number of methoxy groups -OCH3 is 1. The van der Waals surface area contributed by atoms with Crippen molar-refractivity contribution in [3.8, 4) is 5.75 Å². The van der Waals surface area contributed by atoms with Crippen molar-refractivity contribution in [3.63, 3.8) is 0 Å². The Morgan fingerprint density at radius 1 is 1.05 bits per heavy atom. The van der Waals surface area contributed by atoms with E-state index in [0.29, 0.717) is 27.7 Å². The standard InChI is InChI=1S/C31H33N3O6S/c1-20-8-4-7-11-29(20)41(37,38)33-30(35)22-13-12-21(28(17-22)39-3)16-23-19-34(2)27-15-14-24(18-26(23)27)32-31(36)40-25-9-5-6-10-25/h4,7-8,11-15,17-19,25H,5-6,9-10,16H2,1-3H3,(H,32,36)(H,33,35)/i1D3,2D3. The molecule has 1 aliphatic rings. The highest BCUT2D eigenvalue weighted by Crippen LogP contribution is 2.30. The third kappa shape index (κ3) is 6.22. The predicted molar refractivity (Wildman–Crippen MR) is 157 cm³/mol. The van der Waals surface area contributed by atoms with Crippen LogP contribution in [0.3, 0.4) is 0 Å². The molecule has 0 spiro atoms. The smallest absolute Gasteiger partial charge is 0.411 e. The second kappa shape index (κ2) is 11.7. The van der Waals surface area contributed by atoms with Crippen LogP contribution in [0, 0.1) is 6.85 Å². The van der Waals surface area contributed by atoms with Crippen molar-refractivity contribution < 1.29 is 35.7 Å². The molecular weight excluding hydrogens is 542 g/mol. The fraction of sp³-hybridized carbons (Fsp3) is 0.290. The number of amides is 2. The average Bonchev–Trinajstić information content (AvgIpc) is 3.64. The van der Waals surface area contributed by atoms with E-state index in [9.17, 15) is 18.0 Å². The molecule has 3 aromatic carbocycles. The van der Waals surface area contributed by atoms with Crippen LogP contribution >= 0.6 is 0 Å². The van der Waals surface area contributed by atoms with Crippen molar-refractivity contribution in [2.45, 2.75) is 50.0 Å². The summed E-state index contributed by atoms with van der Waals surface area (Å²) in [6, 6.07) is 14.2. The van der Waals surface area contributed by atoms with E-state index in [1.165, 1.54) is 37.6 Å². The van der Waals surface area contributed by atoms with Gasteiger partial charge in [-0.15, -0.1) is 0 Å². The van der Waals surface area contributed by atoms with Gasteiger partial charge in [0.1, 0.15) is 11.9 Å². The molecule has 0 saturated heterocycles. The SMILES string of the molecule is [2H]C([2H])([2H])c1ccccc1S(=O)(=O)NC(=O)c1ccc(Cc2cn(C([2H])([2H])[2H])c3ccc(NC(=O)OC4CCCC4)cc23)c(OC)c1. The zero-order chi connectivity index (χ0) is 34.1. The van der Waals surface area contributed by atoms with Gasteiger partial charge in [0.15, 0.2) is 0 Å². The van der Waals surface area contributed by atoms with Crippen molar-refractivity contribution in [2.24, 2.45) is 6.98 Å². The number of aryl methyl sites for hydroxylation is 2. The lowest BCUT2D eigenvalue weighted by Gasteiger charge is -2.13. The zero-order valence-electron chi connectivity index (χ0n) is 28.3. The molecular formula is C31H33N3O6S. The Morgan fingerprint density at radius 3 is 2.61 bits per heavy atom. The zero-order valence-corrected chi connectivity index (χ0v) is 23.1.